The monoisotopic (exact) mass is 324 g/mol. The lowest BCUT2D eigenvalue weighted by atomic mass is 10.3. The summed E-state index contributed by atoms with van der Waals surface area (Å²) in [7, 11) is 0. The van der Waals surface area contributed by atoms with Gasteiger partial charge in [-0.05, 0) is 18.2 Å². The van der Waals surface area contributed by atoms with E-state index in [-0.39, 0.29) is 11.7 Å². The number of rotatable bonds is 7. The standard InChI is InChI=1S/C12H14Cl2O2S2/c1-8(6-12(15)16)17-4-5-18-11-7-9(13)2-3-10(11)14/h2-3,7-8H,4-6H2,1H3,(H,15,16). The molecule has 0 saturated heterocycles. The molecule has 0 radical (unpaired) electrons. The van der Waals surface area contributed by atoms with Crippen LogP contribution in [0.4, 0.5) is 0 Å². The molecule has 0 aliphatic rings. The Morgan fingerprint density at radius 2 is 2.11 bits per heavy atom. The quantitative estimate of drug-likeness (QED) is 0.583. The van der Waals surface area contributed by atoms with Crippen molar-refractivity contribution in [1.29, 1.82) is 0 Å². The van der Waals surface area contributed by atoms with E-state index in [4.69, 9.17) is 28.3 Å². The van der Waals surface area contributed by atoms with Gasteiger partial charge < -0.3 is 5.11 Å². The van der Waals surface area contributed by atoms with Gasteiger partial charge >= 0.3 is 5.97 Å². The molecule has 2 nitrogen and oxygen atoms in total. The first kappa shape index (κ1) is 16.0. The highest BCUT2D eigenvalue weighted by atomic mass is 35.5. The van der Waals surface area contributed by atoms with E-state index in [0.29, 0.717) is 10.0 Å². The van der Waals surface area contributed by atoms with Crippen LogP contribution in [-0.4, -0.2) is 27.8 Å². The molecule has 0 saturated carbocycles. The maximum Gasteiger partial charge on any atom is 0.304 e. The third-order valence-corrected chi connectivity index (χ3v) is 5.27. The number of carboxylic acids is 1. The molecule has 0 aliphatic carbocycles. The second-order valence-electron chi connectivity index (χ2n) is 3.70. The number of halogens is 2. The molecule has 0 heterocycles. The lowest BCUT2D eigenvalue weighted by Crippen LogP contribution is -2.06. The van der Waals surface area contributed by atoms with Gasteiger partial charge in [-0.2, -0.15) is 11.8 Å². The molecule has 6 heteroatoms. The van der Waals surface area contributed by atoms with Gasteiger partial charge in [0.2, 0.25) is 0 Å². The highest BCUT2D eigenvalue weighted by Crippen LogP contribution is 2.30. The Balaban J connectivity index is 2.29. The highest BCUT2D eigenvalue weighted by molar-refractivity contribution is 8.03. The smallest absolute Gasteiger partial charge is 0.304 e. The molecule has 1 unspecified atom stereocenters. The summed E-state index contributed by atoms with van der Waals surface area (Å²) < 4.78 is 0. The van der Waals surface area contributed by atoms with Crippen LogP contribution >= 0.6 is 46.7 Å². The lowest BCUT2D eigenvalue weighted by molar-refractivity contribution is -0.136. The van der Waals surface area contributed by atoms with Gasteiger partial charge in [-0.25, -0.2) is 0 Å². The molecule has 0 spiro atoms. The van der Waals surface area contributed by atoms with Crippen molar-refractivity contribution in [2.45, 2.75) is 23.5 Å². The Labute approximate surface area is 125 Å². The van der Waals surface area contributed by atoms with E-state index < -0.39 is 5.97 Å². The maximum atomic E-state index is 10.5. The molecule has 0 aromatic heterocycles. The molecule has 0 fully saturated rings. The fraction of sp³-hybridized carbons (Fsp3) is 0.417. The summed E-state index contributed by atoms with van der Waals surface area (Å²) >= 11 is 15.2. The first-order chi connectivity index (χ1) is 8.49. The summed E-state index contributed by atoms with van der Waals surface area (Å²) in [5.41, 5.74) is 0. The van der Waals surface area contributed by atoms with E-state index in [0.717, 1.165) is 16.4 Å². The Morgan fingerprint density at radius 3 is 2.78 bits per heavy atom. The summed E-state index contributed by atoms with van der Waals surface area (Å²) in [5, 5.41) is 10.1. The van der Waals surface area contributed by atoms with Crippen LogP contribution in [0.5, 0.6) is 0 Å². The number of hydrogen-bond acceptors (Lipinski definition) is 3. The number of carbonyl (C=O) groups is 1. The van der Waals surface area contributed by atoms with Crippen LogP contribution < -0.4 is 0 Å². The van der Waals surface area contributed by atoms with Crippen molar-refractivity contribution in [3.8, 4) is 0 Å². The van der Waals surface area contributed by atoms with Crippen LogP contribution in [-0.2, 0) is 4.79 Å². The number of benzene rings is 1. The molecule has 1 atom stereocenters. The van der Waals surface area contributed by atoms with E-state index in [2.05, 4.69) is 0 Å². The zero-order valence-electron chi connectivity index (χ0n) is 9.86. The minimum Gasteiger partial charge on any atom is -0.481 e. The van der Waals surface area contributed by atoms with Crippen LogP contribution in [0.1, 0.15) is 13.3 Å². The van der Waals surface area contributed by atoms with Crippen LogP contribution in [0.2, 0.25) is 10.0 Å². The average molecular weight is 325 g/mol. The lowest BCUT2D eigenvalue weighted by Gasteiger charge is -2.08. The van der Waals surface area contributed by atoms with Crippen molar-refractivity contribution in [3.63, 3.8) is 0 Å². The molecule has 18 heavy (non-hydrogen) atoms. The maximum absolute atomic E-state index is 10.5. The van der Waals surface area contributed by atoms with Crippen molar-refractivity contribution in [2.24, 2.45) is 0 Å². The van der Waals surface area contributed by atoms with Crippen molar-refractivity contribution < 1.29 is 9.90 Å². The first-order valence-electron chi connectivity index (χ1n) is 5.40. The fourth-order valence-corrected chi connectivity index (χ4v) is 3.83. The Hall–Kier alpha value is -0.0300. The number of aliphatic carboxylic acids is 1. The van der Waals surface area contributed by atoms with Crippen molar-refractivity contribution in [3.05, 3.63) is 28.2 Å². The van der Waals surface area contributed by atoms with E-state index >= 15 is 0 Å². The average Bonchev–Trinajstić information content (AvgIpc) is 2.28. The number of carboxylic acid groups (broad SMARTS) is 1. The van der Waals surface area contributed by atoms with Gasteiger partial charge in [0.05, 0.1) is 11.4 Å². The van der Waals surface area contributed by atoms with Gasteiger partial charge in [0.25, 0.3) is 0 Å². The van der Waals surface area contributed by atoms with Gasteiger partial charge in [-0.1, -0.05) is 30.1 Å². The van der Waals surface area contributed by atoms with E-state index in [9.17, 15) is 4.79 Å². The van der Waals surface area contributed by atoms with Crippen LogP contribution in [0.15, 0.2) is 23.1 Å². The van der Waals surface area contributed by atoms with Gasteiger partial charge in [-0.15, -0.1) is 11.8 Å². The molecule has 1 aromatic rings. The molecule has 0 amide bonds. The first-order valence-corrected chi connectivity index (χ1v) is 8.19. The van der Waals surface area contributed by atoms with Crippen molar-refractivity contribution in [1.82, 2.24) is 0 Å². The SMILES string of the molecule is CC(CC(=O)O)SCCSc1cc(Cl)ccc1Cl. The summed E-state index contributed by atoms with van der Waals surface area (Å²) in [4.78, 5) is 11.5. The normalized spacial score (nSPS) is 12.4. The predicted octanol–water partition coefficient (Wildman–Crippen LogP) is 4.68. The zero-order valence-corrected chi connectivity index (χ0v) is 13.0. The second-order valence-corrected chi connectivity index (χ2v) is 7.23. The van der Waals surface area contributed by atoms with Gasteiger partial charge in [0.15, 0.2) is 0 Å². The van der Waals surface area contributed by atoms with Crippen LogP contribution in [0.3, 0.4) is 0 Å². The molecule has 1 aromatic carbocycles. The van der Waals surface area contributed by atoms with Gasteiger partial charge in [0.1, 0.15) is 0 Å². The molecule has 0 aliphatic heterocycles. The van der Waals surface area contributed by atoms with Crippen molar-refractivity contribution >= 4 is 52.7 Å². The van der Waals surface area contributed by atoms with Crippen LogP contribution in [0.25, 0.3) is 0 Å². The molecule has 1 N–H and O–H groups in total. The minimum absolute atomic E-state index is 0.137. The Kier molecular flexibility index (Phi) is 7.30. The zero-order chi connectivity index (χ0) is 13.5. The Morgan fingerprint density at radius 1 is 1.39 bits per heavy atom. The van der Waals surface area contributed by atoms with E-state index in [1.165, 1.54) is 0 Å². The largest absolute Gasteiger partial charge is 0.481 e. The van der Waals surface area contributed by atoms with E-state index in [1.54, 1.807) is 35.7 Å². The van der Waals surface area contributed by atoms with Crippen LogP contribution in [0, 0.1) is 0 Å². The van der Waals surface area contributed by atoms with Gasteiger partial charge in [0, 0.05) is 26.7 Å². The molecular weight excluding hydrogens is 311 g/mol. The summed E-state index contributed by atoms with van der Waals surface area (Å²) in [6, 6.07) is 5.39. The highest BCUT2D eigenvalue weighted by Gasteiger charge is 2.08. The number of hydrogen-bond donors (Lipinski definition) is 1. The molecular formula is C12H14Cl2O2S2. The summed E-state index contributed by atoms with van der Waals surface area (Å²) in [6.07, 6.45) is 0.202. The van der Waals surface area contributed by atoms with Crippen molar-refractivity contribution in [2.75, 3.05) is 11.5 Å². The minimum atomic E-state index is -0.750. The van der Waals surface area contributed by atoms with Gasteiger partial charge in [-0.3, -0.25) is 4.79 Å². The topological polar surface area (TPSA) is 37.3 Å². The predicted molar refractivity (Wildman–Crippen MR) is 81.4 cm³/mol. The second kappa shape index (κ2) is 8.20. The third kappa shape index (κ3) is 6.23. The molecule has 1 rings (SSSR count). The van der Waals surface area contributed by atoms with E-state index in [1.807, 2.05) is 13.0 Å². The summed E-state index contributed by atoms with van der Waals surface area (Å²) in [6.45, 7) is 1.93. The number of thioether (sulfide) groups is 2. The fourth-order valence-electron chi connectivity index (χ4n) is 1.29. The molecule has 100 valence electrons. The summed E-state index contributed by atoms with van der Waals surface area (Å²) in [5.74, 6) is 1.02. The Bertz CT molecular complexity index is 413. The third-order valence-electron chi connectivity index (χ3n) is 2.10. The molecule has 0 bridgehead atoms.